The number of hydrazine groups is 1. The van der Waals surface area contributed by atoms with E-state index in [4.69, 9.17) is 11.6 Å². The van der Waals surface area contributed by atoms with Gasteiger partial charge < -0.3 is 15.1 Å². The highest BCUT2D eigenvalue weighted by Crippen LogP contribution is 2.48. The molecule has 0 aliphatic carbocycles. The molecule has 2 heterocycles. The van der Waals surface area contributed by atoms with Gasteiger partial charge in [-0.05, 0) is 42.3 Å². The Balaban J connectivity index is 1.79. The Hall–Kier alpha value is -2.19. The summed E-state index contributed by atoms with van der Waals surface area (Å²) in [6.45, 7) is 1.80. The van der Waals surface area contributed by atoms with Crippen LogP contribution in [0.2, 0.25) is 5.02 Å². The highest BCUT2D eigenvalue weighted by Gasteiger charge is 2.55. The summed E-state index contributed by atoms with van der Waals surface area (Å²) < 4.78 is 13.4. The van der Waals surface area contributed by atoms with Gasteiger partial charge in [0.25, 0.3) is 0 Å². The summed E-state index contributed by atoms with van der Waals surface area (Å²) in [6.07, 6.45) is 0. The highest BCUT2D eigenvalue weighted by molar-refractivity contribution is 6.31. The van der Waals surface area contributed by atoms with Gasteiger partial charge in [0.2, 0.25) is 5.91 Å². The maximum atomic E-state index is 13.4. The van der Waals surface area contributed by atoms with E-state index in [-0.39, 0.29) is 36.5 Å². The van der Waals surface area contributed by atoms with Crippen LogP contribution in [0, 0.1) is 18.7 Å². The molecular formula is C20H21ClFN3O3. The van der Waals surface area contributed by atoms with E-state index >= 15 is 0 Å². The van der Waals surface area contributed by atoms with Crippen LogP contribution in [-0.2, 0) is 4.79 Å². The van der Waals surface area contributed by atoms with Crippen molar-refractivity contribution in [2.75, 3.05) is 13.2 Å². The third-order valence-electron chi connectivity index (χ3n) is 5.61. The Labute approximate surface area is 166 Å². The number of fused-ring (bicyclic) bond motifs is 1. The van der Waals surface area contributed by atoms with Gasteiger partial charge in [-0.3, -0.25) is 4.79 Å². The molecule has 4 N–H and O–H groups in total. The minimum absolute atomic E-state index is 0.0905. The maximum Gasteiger partial charge on any atom is 0.242 e. The normalized spacial score (nSPS) is 26.7. The van der Waals surface area contributed by atoms with E-state index in [0.29, 0.717) is 10.6 Å². The van der Waals surface area contributed by atoms with Gasteiger partial charge in [0, 0.05) is 23.0 Å². The number of phenols is 1. The fourth-order valence-corrected chi connectivity index (χ4v) is 4.49. The Bertz CT molecular complexity index is 908. The molecule has 6 nitrogen and oxygen atoms in total. The standard InChI is InChI=1S/C20H21ClFN3O3/c1-10-8-15(27)13(9-14(10)21)17-16-18(24-23-17)20(28)25(6-7-26)19(16)11-2-4-12(22)5-3-11/h2-5,8-9,16-19,23-24,26-27H,6-7H2,1H3. The zero-order valence-electron chi connectivity index (χ0n) is 15.2. The molecule has 8 heteroatoms. The second-order valence-corrected chi connectivity index (χ2v) is 7.64. The molecular weight excluding hydrogens is 385 g/mol. The molecule has 2 saturated heterocycles. The number of benzene rings is 2. The SMILES string of the molecule is Cc1cc(O)c(C2NNC3C(=O)N(CCO)C(c4ccc(F)cc4)C32)cc1Cl. The summed E-state index contributed by atoms with van der Waals surface area (Å²) >= 11 is 6.27. The predicted octanol–water partition coefficient (Wildman–Crippen LogP) is 2.20. The molecule has 0 spiro atoms. The molecule has 0 saturated carbocycles. The molecule has 28 heavy (non-hydrogen) atoms. The molecule has 0 bridgehead atoms. The molecule has 4 atom stereocenters. The van der Waals surface area contributed by atoms with Gasteiger partial charge in [-0.1, -0.05) is 23.7 Å². The minimum Gasteiger partial charge on any atom is -0.508 e. The number of carbonyl (C=O) groups is 1. The monoisotopic (exact) mass is 405 g/mol. The second-order valence-electron chi connectivity index (χ2n) is 7.23. The summed E-state index contributed by atoms with van der Waals surface area (Å²) in [4.78, 5) is 14.6. The van der Waals surface area contributed by atoms with E-state index in [0.717, 1.165) is 11.1 Å². The number of halogens is 2. The van der Waals surface area contributed by atoms with Gasteiger partial charge >= 0.3 is 0 Å². The summed E-state index contributed by atoms with van der Waals surface area (Å²) in [5.41, 5.74) is 8.25. The Morgan fingerprint density at radius 2 is 1.86 bits per heavy atom. The predicted molar refractivity (Wildman–Crippen MR) is 102 cm³/mol. The molecule has 0 radical (unpaired) electrons. The van der Waals surface area contributed by atoms with Crippen LogP contribution in [-0.4, -0.2) is 40.2 Å². The number of likely N-dealkylation sites (tertiary alicyclic amines) is 1. The van der Waals surface area contributed by atoms with Crippen molar-refractivity contribution < 1.29 is 19.4 Å². The molecule has 2 aromatic carbocycles. The van der Waals surface area contributed by atoms with Crippen molar-refractivity contribution >= 4 is 17.5 Å². The summed E-state index contributed by atoms with van der Waals surface area (Å²) in [5.74, 6) is -0.705. The largest absolute Gasteiger partial charge is 0.508 e. The van der Waals surface area contributed by atoms with Crippen LogP contribution >= 0.6 is 11.6 Å². The van der Waals surface area contributed by atoms with E-state index in [2.05, 4.69) is 10.9 Å². The molecule has 2 aromatic rings. The number of aliphatic hydroxyl groups excluding tert-OH is 1. The zero-order chi connectivity index (χ0) is 20.0. The van der Waals surface area contributed by atoms with Crippen molar-refractivity contribution in [3.05, 3.63) is 63.9 Å². The van der Waals surface area contributed by atoms with E-state index in [1.807, 2.05) is 0 Å². The minimum atomic E-state index is -0.536. The summed E-state index contributed by atoms with van der Waals surface area (Å²) in [7, 11) is 0. The number of amides is 1. The number of rotatable bonds is 4. The Kier molecular flexibility index (Phi) is 5.01. The number of carbonyl (C=O) groups excluding carboxylic acids is 1. The average molecular weight is 406 g/mol. The summed E-state index contributed by atoms with van der Waals surface area (Å²) in [5, 5.41) is 20.5. The molecule has 0 aromatic heterocycles. The van der Waals surface area contributed by atoms with Gasteiger partial charge in [0.05, 0.1) is 18.7 Å². The van der Waals surface area contributed by atoms with Gasteiger partial charge in [-0.25, -0.2) is 15.2 Å². The number of hydrogen-bond acceptors (Lipinski definition) is 5. The Morgan fingerprint density at radius 3 is 2.54 bits per heavy atom. The van der Waals surface area contributed by atoms with Crippen LogP contribution in [0.25, 0.3) is 0 Å². The fourth-order valence-electron chi connectivity index (χ4n) is 4.31. The molecule has 2 aliphatic rings. The Morgan fingerprint density at radius 1 is 1.18 bits per heavy atom. The number of β-amino-alcohol motifs (C(OH)–C–C–N with tert-alkyl or cyclic N) is 1. The van der Waals surface area contributed by atoms with Gasteiger partial charge in [-0.15, -0.1) is 0 Å². The molecule has 2 fully saturated rings. The third-order valence-corrected chi connectivity index (χ3v) is 6.02. The number of hydrogen-bond donors (Lipinski definition) is 4. The van der Waals surface area contributed by atoms with Gasteiger partial charge in [0.1, 0.15) is 17.6 Å². The van der Waals surface area contributed by atoms with Crippen molar-refractivity contribution in [1.82, 2.24) is 15.8 Å². The first-order valence-corrected chi connectivity index (χ1v) is 9.47. The first-order chi connectivity index (χ1) is 13.4. The lowest BCUT2D eigenvalue weighted by atomic mass is 9.83. The first-order valence-electron chi connectivity index (χ1n) is 9.09. The van der Waals surface area contributed by atoms with Crippen LogP contribution in [0.15, 0.2) is 36.4 Å². The van der Waals surface area contributed by atoms with Crippen LogP contribution in [0.5, 0.6) is 5.75 Å². The third kappa shape index (κ3) is 3.04. The maximum absolute atomic E-state index is 13.4. The lowest BCUT2D eigenvalue weighted by molar-refractivity contribution is -0.131. The molecule has 4 rings (SSSR count). The van der Waals surface area contributed by atoms with E-state index < -0.39 is 18.1 Å². The molecule has 4 unspecified atom stereocenters. The lowest BCUT2D eigenvalue weighted by Gasteiger charge is -2.31. The number of aryl methyl sites for hydroxylation is 1. The number of phenolic OH excluding ortho intramolecular Hbond substituents is 1. The fraction of sp³-hybridized carbons (Fsp3) is 0.350. The van der Waals surface area contributed by atoms with Crippen molar-refractivity contribution in [1.29, 1.82) is 0 Å². The molecule has 148 valence electrons. The van der Waals surface area contributed by atoms with Crippen LogP contribution < -0.4 is 10.9 Å². The van der Waals surface area contributed by atoms with E-state index in [1.165, 1.54) is 12.1 Å². The molecule has 1 amide bonds. The van der Waals surface area contributed by atoms with Crippen LogP contribution in [0.4, 0.5) is 4.39 Å². The second kappa shape index (κ2) is 7.33. The van der Waals surface area contributed by atoms with Crippen LogP contribution in [0.1, 0.15) is 28.8 Å². The van der Waals surface area contributed by atoms with Crippen molar-refractivity contribution in [3.63, 3.8) is 0 Å². The van der Waals surface area contributed by atoms with Crippen molar-refractivity contribution in [3.8, 4) is 5.75 Å². The first kappa shape index (κ1) is 19.1. The number of aromatic hydroxyl groups is 1. The topological polar surface area (TPSA) is 84.8 Å². The van der Waals surface area contributed by atoms with E-state index in [1.54, 1.807) is 36.1 Å². The number of aliphatic hydroxyl groups is 1. The zero-order valence-corrected chi connectivity index (χ0v) is 15.9. The molecule has 2 aliphatic heterocycles. The van der Waals surface area contributed by atoms with Crippen molar-refractivity contribution in [2.24, 2.45) is 5.92 Å². The van der Waals surface area contributed by atoms with E-state index in [9.17, 15) is 19.4 Å². The number of nitrogens with one attached hydrogen (secondary N) is 2. The van der Waals surface area contributed by atoms with Gasteiger partial charge in [0.15, 0.2) is 0 Å². The smallest absolute Gasteiger partial charge is 0.242 e. The highest BCUT2D eigenvalue weighted by atomic mass is 35.5. The van der Waals surface area contributed by atoms with Crippen molar-refractivity contribution in [2.45, 2.75) is 25.0 Å². The average Bonchev–Trinajstić information content (AvgIpc) is 3.20. The van der Waals surface area contributed by atoms with Crippen LogP contribution in [0.3, 0.4) is 0 Å². The lowest BCUT2D eigenvalue weighted by Crippen LogP contribution is -2.42. The van der Waals surface area contributed by atoms with Gasteiger partial charge in [-0.2, -0.15) is 0 Å². The quantitative estimate of drug-likeness (QED) is 0.626. The summed E-state index contributed by atoms with van der Waals surface area (Å²) in [6, 6.07) is 7.99. The number of nitrogens with zero attached hydrogens (tertiary/aromatic N) is 1.